The van der Waals surface area contributed by atoms with E-state index in [1.807, 2.05) is 0 Å². The molecule has 307 valence electrons. The Labute approximate surface area is 334 Å². The van der Waals surface area contributed by atoms with E-state index in [1.54, 1.807) is 0 Å². The van der Waals surface area contributed by atoms with Gasteiger partial charge in [0.25, 0.3) is 0 Å². The van der Waals surface area contributed by atoms with Crippen molar-refractivity contribution in [1.82, 2.24) is 5.32 Å². The van der Waals surface area contributed by atoms with Crippen LogP contribution in [0.3, 0.4) is 0 Å². The first-order valence-electron chi connectivity index (χ1n) is 21.3. The largest absolute Gasteiger partial charge is 0 e. The Kier molecular flexibility index (Phi) is 18.5. The molecule has 0 aromatic rings. The summed E-state index contributed by atoms with van der Waals surface area (Å²) in [7, 11) is 9.59. The molecule has 0 aromatic carbocycles. The second-order valence-electron chi connectivity index (χ2n) is 18.0. The molecule has 0 amide bonds. The predicted molar refractivity (Wildman–Crippen MR) is 223 cm³/mol. The number of nitrogens with zero attached hydrogens (tertiary/aromatic N) is 5. The van der Waals surface area contributed by atoms with Gasteiger partial charge in [-0.1, -0.05) is 52.9 Å². The maximum Gasteiger partial charge on any atom is 0 e. The fourth-order valence-electron chi connectivity index (χ4n) is 12.5. The van der Waals surface area contributed by atoms with Gasteiger partial charge in [-0.05, 0) is 136 Å². The van der Waals surface area contributed by atoms with E-state index in [0.717, 1.165) is 114 Å². The third kappa shape index (κ3) is 11.7. The van der Waals surface area contributed by atoms with Crippen LogP contribution in [0.4, 0.5) is 0 Å². The third-order valence-electron chi connectivity index (χ3n) is 15.2. The summed E-state index contributed by atoms with van der Waals surface area (Å²) < 4.78 is 0. The van der Waals surface area contributed by atoms with E-state index < -0.39 is 0 Å². The maximum atomic E-state index is 10.4. The van der Waals surface area contributed by atoms with Crippen LogP contribution in [-0.4, -0.2) is 88.2 Å². The number of hydrogen-bond donors (Lipinski definition) is 2. The molecule has 51 heavy (non-hydrogen) atoms. The number of halogens is 2. The molecular formula is C41H81Cl2MnN6O-5. The molecule has 6 fully saturated rings. The summed E-state index contributed by atoms with van der Waals surface area (Å²) in [4.78, 5) is 0. The summed E-state index contributed by atoms with van der Waals surface area (Å²) in [6.07, 6.45) is 22.0. The monoisotopic (exact) mass is 799 g/mol. The van der Waals surface area contributed by atoms with Crippen molar-refractivity contribution >= 4 is 20.2 Å². The van der Waals surface area contributed by atoms with Crippen LogP contribution in [0.1, 0.15) is 136 Å². The van der Waals surface area contributed by atoms with E-state index >= 15 is 0 Å². The zero-order chi connectivity index (χ0) is 36.1. The minimum Gasteiger partial charge on any atom is 0 e. The van der Waals surface area contributed by atoms with Crippen molar-refractivity contribution < 1.29 is 23.9 Å². The molecule has 0 bridgehead atoms. The van der Waals surface area contributed by atoms with Crippen molar-refractivity contribution in [2.45, 2.75) is 154 Å². The Morgan fingerprint density at radius 1 is 0.765 bits per heavy atom. The van der Waals surface area contributed by atoms with Gasteiger partial charge in [-0.3, -0.25) is 0 Å². The van der Waals surface area contributed by atoms with E-state index in [2.05, 4.69) is 36.7 Å². The molecule has 0 spiro atoms. The van der Waals surface area contributed by atoms with Gasteiger partial charge in [0.2, 0.25) is 0 Å². The van der Waals surface area contributed by atoms with Crippen molar-refractivity contribution in [3.63, 3.8) is 0 Å². The second kappa shape index (κ2) is 21.9. The Balaban J connectivity index is 0.00000209. The predicted octanol–water partition coefficient (Wildman–Crippen LogP) is 11.7. The fourth-order valence-corrected chi connectivity index (χ4v) is 12.5. The molecule has 12 atom stereocenters. The summed E-state index contributed by atoms with van der Waals surface area (Å²) in [5.74, 6) is 5.31. The van der Waals surface area contributed by atoms with Crippen LogP contribution < -0.4 is 5.32 Å². The molecule has 4 unspecified atom stereocenters. The third-order valence-corrected chi connectivity index (χ3v) is 15.2. The normalized spacial score (nSPS) is 41.6. The molecular weight excluding hydrogens is 718 g/mol. The van der Waals surface area contributed by atoms with Crippen LogP contribution in [0.25, 0.3) is 26.6 Å². The minimum atomic E-state index is -0.0320. The Hall–Kier alpha value is 0.819. The maximum absolute atomic E-state index is 10.4. The average molecular weight is 800 g/mol. The molecule has 6 rings (SSSR count). The van der Waals surface area contributed by atoms with Gasteiger partial charge in [0.05, 0.1) is 6.10 Å². The topological polar surface area (TPSA) is 103 Å². The number of fused-ring (bicyclic) bond motifs is 6. The molecule has 1 saturated heterocycles. The second-order valence-corrected chi connectivity index (χ2v) is 19.9. The Morgan fingerprint density at radius 3 is 2.18 bits per heavy atom. The molecule has 0 radical (unpaired) electrons. The number of aliphatic hydroxyl groups is 1. The molecule has 5 saturated carbocycles. The first-order valence-corrected chi connectivity index (χ1v) is 24.6. The average Bonchev–Trinajstić information content (AvgIpc) is 3.48. The fraction of sp³-hybridized carbons (Fsp3) is 1.00. The van der Waals surface area contributed by atoms with Gasteiger partial charge in [-0.2, -0.15) is 63.9 Å². The number of hydrogen-bond acceptors (Lipinski definition) is 2. The Bertz CT molecular complexity index is 1010. The van der Waals surface area contributed by atoms with Crippen LogP contribution in [0, 0.1) is 46.3 Å². The molecule has 10 heteroatoms. The van der Waals surface area contributed by atoms with E-state index in [1.165, 1.54) is 89.9 Å². The zero-order valence-electron chi connectivity index (χ0n) is 32.5. The summed E-state index contributed by atoms with van der Waals surface area (Å²) in [6.45, 7) is 16.1. The number of aliphatic hydroxyl groups excluding tert-OH is 1. The van der Waals surface area contributed by atoms with Crippen molar-refractivity contribution in [2.75, 3.05) is 58.9 Å². The summed E-state index contributed by atoms with van der Waals surface area (Å²) in [6, 6.07) is 1.12. The van der Waals surface area contributed by atoms with Crippen molar-refractivity contribution in [3.8, 4) is 0 Å². The molecule has 1 aliphatic heterocycles. The molecule has 1 heterocycles. The van der Waals surface area contributed by atoms with Crippen molar-refractivity contribution in [2.24, 2.45) is 46.3 Å². The van der Waals surface area contributed by atoms with Crippen molar-refractivity contribution in [1.29, 1.82) is 0 Å². The van der Waals surface area contributed by atoms with Gasteiger partial charge in [0.15, 0.2) is 0 Å². The van der Waals surface area contributed by atoms with Gasteiger partial charge in [0, 0.05) is 5.71 Å². The summed E-state index contributed by atoms with van der Waals surface area (Å²) >= 11 is 0.00694. The van der Waals surface area contributed by atoms with E-state index in [9.17, 15) is 5.11 Å². The van der Waals surface area contributed by atoms with Crippen LogP contribution in [0.5, 0.6) is 0 Å². The van der Waals surface area contributed by atoms with Crippen LogP contribution in [0.2, 0.25) is 0 Å². The number of nitrogens with one attached hydrogen (secondary N) is 1. The first kappa shape index (κ1) is 43.0. The van der Waals surface area contributed by atoms with Crippen LogP contribution >= 0.6 is 20.2 Å². The summed E-state index contributed by atoms with van der Waals surface area (Å²) in [5, 5.41) is 38.8. The van der Waals surface area contributed by atoms with E-state index in [4.69, 9.17) is 36.1 Å². The smallest absolute Gasteiger partial charge is 0 e. The van der Waals surface area contributed by atoms with Gasteiger partial charge < -0.3 is 37.0 Å². The molecule has 2 N–H and O–H groups in total. The number of rotatable bonds is 9. The van der Waals surface area contributed by atoms with Gasteiger partial charge in [-0.25, -0.2) is 0 Å². The van der Waals surface area contributed by atoms with E-state index in [0.29, 0.717) is 29.0 Å². The van der Waals surface area contributed by atoms with Gasteiger partial charge in [-0.15, -0.1) is 0 Å². The van der Waals surface area contributed by atoms with Gasteiger partial charge in [0.1, 0.15) is 0 Å². The zero-order valence-corrected chi connectivity index (χ0v) is 35.2. The standard InChI is InChI=1S/C41H73N6O.2ClH.Mn.4H2/c1-30(35-14-15-36-34-13-12-31-28-33(48)16-18-40(31,2)37(34)17-19-41(35,36)3)8-6-20-42-21-7-9-32-29-47-39-11-5-4-10-38(39)46-27-25-44-23-22-43-24-26-45-32;;;;;;;/h30-39,42,48H,4-29H2,1-3H3;2*1H;;4*1H/q-5;;;+2;;;;/p-2/t30-,31?,32-,33+,34?,35+,36?,37?,38+,39+,40-,41+;;;;;;;/m0......./s1. The molecule has 6 aliphatic rings. The van der Waals surface area contributed by atoms with Gasteiger partial charge >= 0.3 is 33.3 Å². The minimum absolute atomic E-state index is 0. The Morgan fingerprint density at radius 2 is 1.41 bits per heavy atom. The van der Waals surface area contributed by atoms with E-state index in [-0.39, 0.29) is 24.9 Å². The molecule has 0 aromatic heterocycles. The van der Waals surface area contributed by atoms with Crippen LogP contribution in [-0.2, 0) is 13.1 Å². The molecule has 7 nitrogen and oxygen atoms in total. The quantitative estimate of drug-likeness (QED) is 0.179. The SMILES string of the molecule is C[C@@H](CCCNCCC[C@H]1C[N-][C@@H]2CCCC[C@H]2[N-]CC[N-]CC[N-]CC[N-]1)[C@H]1CCC2C3CCC4C[C@H](O)CC[C@]4(C)C3CC[C@@]21C.[Cl][Mn][Cl].[HH].[HH].[HH].[HH]. The van der Waals surface area contributed by atoms with Crippen molar-refractivity contribution in [3.05, 3.63) is 26.6 Å². The summed E-state index contributed by atoms with van der Waals surface area (Å²) in [5.41, 5.74) is 1.05. The molecule has 5 aliphatic carbocycles. The van der Waals surface area contributed by atoms with Crippen LogP contribution in [0.15, 0.2) is 0 Å². The first-order chi connectivity index (χ1) is 24.8.